The molecule has 6 nitrogen and oxygen atoms in total. The van der Waals surface area contributed by atoms with Crippen LogP contribution in [0.25, 0.3) is 5.57 Å². The Kier molecular flexibility index (Phi) is 6.47. The maximum Gasteiger partial charge on any atom is 0.573 e. The fourth-order valence-corrected chi connectivity index (χ4v) is 3.58. The molecule has 0 atom stereocenters. The molecule has 0 saturated heterocycles. The van der Waals surface area contributed by atoms with Gasteiger partial charge in [-0.05, 0) is 49.6 Å². The molecule has 3 rings (SSSR count). The van der Waals surface area contributed by atoms with E-state index in [4.69, 9.17) is 4.74 Å². The van der Waals surface area contributed by atoms with Crippen LogP contribution in [0.4, 0.5) is 18.9 Å². The quantitative estimate of drug-likeness (QED) is 0.622. The summed E-state index contributed by atoms with van der Waals surface area (Å²) in [6.07, 6.45) is -4.84. The van der Waals surface area contributed by atoms with Gasteiger partial charge in [0.05, 0.1) is 24.8 Å². The SMILES string of the molecule is CC(C)OCCN1C(=O)C(Nc2ccc(OC(F)(F)F)cc2)=C(c2cccs2)C1=O. The molecule has 0 fully saturated rings. The van der Waals surface area contributed by atoms with Gasteiger partial charge < -0.3 is 14.8 Å². The monoisotopic (exact) mass is 440 g/mol. The highest BCUT2D eigenvalue weighted by atomic mass is 32.1. The smallest absolute Gasteiger partial charge is 0.406 e. The average molecular weight is 440 g/mol. The van der Waals surface area contributed by atoms with Crippen LogP contribution in [0.5, 0.6) is 5.75 Å². The number of benzene rings is 1. The van der Waals surface area contributed by atoms with Crippen molar-refractivity contribution in [1.29, 1.82) is 0 Å². The third kappa shape index (κ3) is 5.19. The zero-order chi connectivity index (χ0) is 21.9. The second kappa shape index (κ2) is 8.88. The van der Waals surface area contributed by atoms with Crippen molar-refractivity contribution in [3.8, 4) is 5.75 Å². The Morgan fingerprint density at radius 1 is 1.10 bits per heavy atom. The number of alkyl halides is 3. The summed E-state index contributed by atoms with van der Waals surface area (Å²) >= 11 is 1.31. The largest absolute Gasteiger partial charge is 0.573 e. The molecule has 1 aliphatic heterocycles. The third-order valence-corrected chi connectivity index (χ3v) is 4.95. The molecule has 1 aromatic heterocycles. The van der Waals surface area contributed by atoms with E-state index in [9.17, 15) is 22.8 Å². The number of imide groups is 1. The number of ether oxygens (including phenoxy) is 2. The molecule has 2 aromatic rings. The van der Waals surface area contributed by atoms with Gasteiger partial charge in [-0.15, -0.1) is 24.5 Å². The lowest BCUT2D eigenvalue weighted by atomic mass is 10.2. The highest BCUT2D eigenvalue weighted by molar-refractivity contribution is 7.11. The molecule has 30 heavy (non-hydrogen) atoms. The summed E-state index contributed by atoms with van der Waals surface area (Å²) in [6.45, 7) is 3.99. The van der Waals surface area contributed by atoms with Gasteiger partial charge in [-0.25, -0.2) is 0 Å². The van der Waals surface area contributed by atoms with Gasteiger partial charge in [0.2, 0.25) is 0 Å². The van der Waals surface area contributed by atoms with E-state index in [0.29, 0.717) is 10.6 Å². The first-order chi connectivity index (χ1) is 14.2. The number of carbonyl (C=O) groups is 2. The predicted molar refractivity (Wildman–Crippen MR) is 106 cm³/mol. The van der Waals surface area contributed by atoms with E-state index in [1.54, 1.807) is 17.5 Å². The van der Waals surface area contributed by atoms with Crippen molar-refractivity contribution in [2.75, 3.05) is 18.5 Å². The van der Waals surface area contributed by atoms with Crippen LogP contribution < -0.4 is 10.1 Å². The molecule has 0 aliphatic carbocycles. The van der Waals surface area contributed by atoms with E-state index in [0.717, 1.165) is 17.0 Å². The van der Waals surface area contributed by atoms with Crippen molar-refractivity contribution in [1.82, 2.24) is 4.90 Å². The number of anilines is 1. The molecule has 0 unspecified atom stereocenters. The number of halogens is 3. The summed E-state index contributed by atoms with van der Waals surface area (Å²) in [5, 5.41) is 4.66. The van der Waals surface area contributed by atoms with Crippen LogP contribution in [-0.4, -0.2) is 42.3 Å². The first-order valence-corrected chi connectivity index (χ1v) is 9.92. The number of nitrogens with one attached hydrogen (secondary N) is 1. The molecular formula is C20H19F3N2O4S. The highest BCUT2D eigenvalue weighted by Crippen LogP contribution is 2.33. The van der Waals surface area contributed by atoms with Gasteiger partial charge in [0.15, 0.2) is 0 Å². The molecule has 2 amide bonds. The lowest BCUT2D eigenvalue weighted by Crippen LogP contribution is -2.35. The Morgan fingerprint density at radius 3 is 2.37 bits per heavy atom. The maximum atomic E-state index is 12.9. The Hall–Kier alpha value is -2.85. The van der Waals surface area contributed by atoms with Crippen LogP contribution in [0.2, 0.25) is 0 Å². The van der Waals surface area contributed by atoms with Gasteiger partial charge in [0.25, 0.3) is 11.8 Å². The van der Waals surface area contributed by atoms with Gasteiger partial charge in [-0.2, -0.15) is 0 Å². The Balaban J connectivity index is 1.84. The Bertz CT molecular complexity index is 938. The minimum atomic E-state index is -4.80. The second-order valence-electron chi connectivity index (χ2n) is 6.61. The predicted octanol–water partition coefficient (Wildman–Crippen LogP) is 4.26. The minimum absolute atomic E-state index is 0.0439. The zero-order valence-corrected chi connectivity index (χ0v) is 17.0. The highest BCUT2D eigenvalue weighted by Gasteiger charge is 2.39. The molecule has 1 aliphatic rings. The molecule has 0 bridgehead atoms. The summed E-state index contributed by atoms with van der Waals surface area (Å²) in [5.74, 6) is -1.36. The number of amides is 2. The third-order valence-electron chi connectivity index (χ3n) is 4.06. The van der Waals surface area contributed by atoms with Crippen LogP contribution in [0.3, 0.4) is 0 Å². The number of hydrogen-bond donors (Lipinski definition) is 1. The summed E-state index contributed by atoms with van der Waals surface area (Å²) in [6, 6.07) is 8.40. The number of thiophene rings is 1. The number of hydrogen-bond acceptors (Lipinski definition) is 6. The summed E-state index contributed by atoms with van der Waals surface area (Å²) in [7, 11) is 0. The van der Waals surface area contributed by atoms with Gasteiger partial charge in [0, 0.05) is 10.6 Å². The Morgan fingerprint density at radius 2 is 1.80 bits per heavy atom. The molecule has 1 aromatic carbocycles. The van der Waals surface area contributed by atoms with Crippen molar-refractivity contribution in [3.05, 3.63) is 52.4 Å². The normalized spacial score (nSPS) is 14.8. The van der Waals surface area contributed by atoms with Crippen LogP contribution in [0, 0.1) is 0 Å². The van der Waals surface area contributed by atoms with Gasteiger partial charge in [-0.1, -0.05) is 6.07 Å². The van der Waals surface area contributed by atoms with Crippen molar-refractivity contribution >= 4 is 34.4 Å². The fraction of sp³-hybridized carbons (Fsp3) is 0.300. The van der Waals surface area contributed by atoms with Gasteiger partial charge >= 0.3 is 6.36 Å². The topological polar surface area (TPSA) is 67.9 Å². The summed E-state index contributed by atoms with van der Waals surface area (Å²) < 4.78 is 46.3. The van der Waals surface area contributed by atoms with Crippen molar-refractivity contribution in [3.63, 3.8) is 0 Å². The summed E-state index contributed by atoms with van der Waals surface area (Å²) in [4.78, 5) is 27.5. The van der Waals surface area contributed by atoms with Crippen LogP contribution in [-0.2, 0) is 14.3 Å². The molecule has 0 saturated carbocycles. The Labute approximate surface area is 174 Å². The van der Waals surface area contributed by atoms with Crippen molar-refractivity contribution in [2.45, 2.75) is 26.3 Å². The first-order valence-electron chi connectivity index (χ1n) is 9.04. The van der Waals surface area contributed by atoms with E-state index < -0.39 is 18.2 Å². The number of nitrogens with zero attached hydrogens (tertiary/aromatic N) is 1. The molecule has 1 N–H and O–H groups in total. The van der Waals surface area contributed by atoms with Gasteiger partial charge in [0.1, 0.15) is 11.4 Å². The van der Waals surface area contributed by atoms with E-state index in [1.165, 1.54) is 23.5 Å². The lowest BCUT2D eigenvalue weighted by Gasteiger charge is -2.16. The van der Waals surface area contributed by atoms with Crippen LogP contribution in [0.1, 0.15) is 18.7 Å². The molecule has 0 spiro atoms. The van der Waals surface area contributed by atoms with Crippen LogP contribution in [0.15, 0.2) is 47.5 Å². The zero-order valence-electron chi connectivity index (χ0n) is 16.2. The minimum Gasteiger partial charge on any atom is -0.406 e. The van der Waals surface area contributed by atoms with Gasteiger partial charge in [-0.3, -0.25) is 14.5 Å². The van der Waals surface area contributed by atoms with Crippen molar-refractivity contribution in [2.24, 2.45) is 0 Å². The van der Waals surface area contributed by atoms with E-state index in [1.807, 2.05) is 13.8 Å². The van der Waals surface area contributed by atoms with E-state index in [2.05, 4.69) is 10.1 Å². The molecule has 10 heteroatoms. The van der Waals surface area contributed by atoms with E-state index >= 15 is 0 Å². The number of rotatable bonds is 8. The van der Waals surface area contributed by atoms with Crippen LogP contribution >= 0.6 is 11.3 Å². The van der Waals surface area contributed by atoms with Crippen molar-refractivity contribution < 1.29 is 32.2 Å². The second-order valence-corrected chi connectivity index (χ2v) is 7.55. The van der Waals surface area contributed by atoms with E-state index in [-0.39, 0.29) is 36.3 Å². The average Bonchev–Trinajstić information content (AvgIpc) is 3.25. The standard InChI is InChI=1S/C20H19F3N2O4S/c1-12(2)28-10-9-25-18(26)16(15-4-3-11-30-15)17(19(25)27)24-13-5-7-14(8-6-13)29-20(21,22)23/h3-8,11-12,24H,9-10H2,1-2H3. The fourth-order valence-electron chi connectivity index (χ4n) is 2.81. The lowest BCUT2D eigenvalue weighted by molar-refractivity contribution is -0.274. The molecule has 2 heterocycles. The number of carbonyl (C=O) groups excluding carboxylic acids is 2. The summed E-state index contributed by atoms with van der Waals surface area (Å²) in [5.41, 5.74) is 0.627. The molecule has 160 valence electrons. The maximum absolute atomic E-state index is 12.9. The first kappa shape index (κ1) is 21.8. The molecule has 0 radical (unpaired) electrons. The molecular weight excluding hydrogens is 421 g/mol.